The number of rotatable bonds is 4. The third kappa shape index (κ3) is 3.60. The second-order valence-electron chi connectivity index (χ2n) is 5.80. The highest BCUT2D eigenvalue weighted by molar-refractivity contribution is 5.14. The molecule has 0 aliphatic heterocycles. The van der Waals surface area contributed by atoms with Crippen LogP contribution in [0.3, 0.4) is 0 Å². The van der Waals surface area contributed by atoms with Gasteiger partial charge in [0.2, 0.25) is 5.89 Å². The van der Waals surface area contributed by atoms with Crippen LogP contribution in [0.2, 0.25) is 0 Å². The van der Waals surface area contributed by atoms with Crippen LogP contribution in [-0.2, 0) is 12.0 Å². The maximum Gasteiger partial charge on any atom is 0.232 e. The number of nitrogens with zero attached hydrogens (tertiary/aromatic N) is 3. The van der Waals surface area contributed by atoms with Crippen molar-refractivity contribution in [1.29, 1.82) is 0 Å². The third-order valence-electron chi connectivity index (χ3n) is 2.90. The van der Waals surface area contributed by atoms with E-state index in [2.05, 4.69) is 20.4 Å². The molecule has 2 aromatic heterocycles. The minimum atomic E-state index is -0.342. The van der Waals surface area contributed by atoms with Gasteiger partial charge in [-0.15, -0.1) is 0 Å². The van der Waals surface area contributed by atoms with Gasteiger partial charge in [0.05, 0.1) is 12.7 Å². The molecule has 108 valence electrons. The Morgan fingerprint density at radius 1 is 1.35 bits per heavy atom. The molecule has 1 N–H and O–H groups in total. The van der Waals surface area contributed by atoms with Gasteiger partial charge < -0.3 is 9.84 Å². The SMILES string of the molecule is C[C@@H](NCc1noc(C(C)(C)C)n1)c1cncc(F)c1. The minimum Gasteiger partial charge on any atom is -0.339 e. The van der Waals surface area contributed by atoms with E-state index in [0.717, 1.165) is 5.56 Å². The van der Waals surface area contributed by atoms with Crippen LogP contribution in [0.5, 0.6) is 0 Å². The molecule has 2 rings (SSSR count). The lowest BCUT2D eigenvalue weighted by Gasteiger charge is -2.12. The Balaban J connectivity index is 1.97. The average Bonchev–Trinajstić information content (AvgIpc) is 2.84. The maximum absolute atomic E-state index is 13.1. The Bertz CT molecular complexity index is 577. The van der Waals surface area contributed by atoms with Crippen LogP contribution in [0, 0.1) is 5.82 Å². The summed E-state index contributed by atoms with van der Waals surface area (Å²) >= 11 is 0. The smallest absolute Gasteiger partial charge is 0.232 e. The molecule has 0 amide bonds. The fourth-order valence-electron chi connectivity index (χ4n) is 1.66. The van der Waals surface area contributed by atoms with E-state index in [1.807, 2.05) is 27.7 Å². The van der Waals surface area contributed by atoms with Crippen molar-refractivity contribution < 1.29 is 8.91 Å². The molecular formula is C14H19FN4O. The van der Waals surface area contributed by atoms with Crippen molar-refractivity contribution in [2.45, 2.75) is 45.7 Å². The van der Waals surface area contributed by atoms with Crippen LogP contribution >= 0.6 is 0 Å². The Morgan fingerprint density at radius 3 is 2.70 bits per heavy atom. The second-order valence-corrected chi connectivity index (χ2v) is 5.80. The van der Waals surface area contributed by atoms with Crippen LogP contribution in [-0.4, -0.2) is 15.1 Å². The first-order valence-electron chi connectivity index (χ1n) is 6.53. The lowest BCUT2D eigenvalue weighted by Crippen LogP contribution is -2.19. The molecule has 0 fully saturated rings. The first-order valence-corrected chi connectivity index (χ1v) is 6.53. The molecule has 6 heteroatoms. The van der Waals surface area contributed by atoms with E-state index < -0.39 is 0 Å². The Morgan fingerprint density at radius 2 is 2.10 bits per heavy atom. The van der Waals surface area contributed by atoms with E-state index in [0.29, 0.717) is 18.3 Å². The fourth-order valence-corrected chi connectivity index (χ4v) is 1.66. The Kier molecular flexibility index (Phi) is 4.13. The number of nitrogens with one attached hydrogen (secondary N) is 1. The summed E-state index contributed by atoms with van der Waals surface area (Å²) in [6, 6.07) is 1.41. The van der Waals surface area contributed by atoms with Crippen LogP contribution in [0.4, 0.5) is 4.39 Å². The average molecular weight is 278 g/mol. The predicted octanol–water partition coefficient (Wildman–Crippen LogP) is 2.75. The highest BCUT2D eigenvalue weighted by atomic mass is 19.1. The summed E-state index contributed by atoms with van der Waals surface area (Å²) in [5, 5.41) is 7.14. The monoisotopic (exact) mass is 278 g/mol. The zero-order valence-electron chi connectivity index (χ0n) is 12.1. The van der Waals surface area contributed by atoms with Crippen molar-refractivity contribution in [1.82, 2.24) is 20.4 Å². The summed E-state index contributed by atoms with van der Waals surface area (Å²) < 4.78 is 18.3. The largest absolute Gasteiger partial charge is 0.339 e. The van der Waals surface area contributed by atoms with Gasteiger partial charge in [0.15, 0.2) is 5.82 Å². The molecule has 0 aliphatic carbocycles. The van der Waals surface area contributed by atoms with Gasteiger partial charge in [-0.1, -0.05) is 25.9 Å². The van der Waals surface area contributed by atoms with Gasteiger partial charge in [-0.25, -0.2) is 4.39 Å². The topological polar surface area (TPSA) is 63.8 Å². The molecule has 0 aliphatic rings. The van der Waals surface area contributed by atoms with E-state index in [9.17, 15) is 4.39 Å². The van der Waals surface area contributed by atoms with Gasteiger partial charge in [0, 0.05) is 17.7 Å². The summed E-state index contributed by atoms with van der Waals surface area (Å²) in [7, 11) is 0. The van der Waals surface area contributed by atoms with Crippen molar-refractivity contribution in [2.75, 3.05) is 0 Å². The van der Waals surface area contributed by atoms with Crippen LogP contribution in [0.1, 0.15) is 51.0 Å². The van der Waals surface area contributed by atoms with Gasteiger partial charge in [-0.2, -0.15) is 4.98 Å². The highest BCUT2D eigenvalue weighted by Gasteiger charge is 2.21. The van der Waals surface area contributed by atoms with Gasteiger partial charge in [-0.05, 0) is 18.6 Å². The molecule has 0 bridgehead atoms. The minimum absolute atomic E-state index is 0.0465. The van der Waals surface area contributed by atoms with Gasteiger partial charge in [0.25, 0.3) is 0 Å². The molecule has 1 atom stereocenters. The molecule has 0 saturated carbocycles. The normalized spacial score (nSPS) is 13.4. The molecule has 0 saturated heterocycles. The van der Waals surface area contributed by atoms with Gasteiger partial charge in [-0.3, -0.25) is 4.98 Å². The molecule has 2 aromatic rings. The van der Waals surface area contributed by atoms with Crippen LogP contribution < -0.4 is 5.32 Å². The van der Waals surface area contributed by atoms with E-state index in [1.165, 1.54) is 12.3 Å². The Labute approximate surface area is 117 Å². The number of aromatic nitrogens is 3. The summed E-state index contributed by atoms with van der Waals surface area (Å²) in [5.41, 5.74) is 0.619. The van der Waals surface area contributed by atoms with Crippen molar-refractivity contribution in [2.24, 2.45) is 0 Å². The van der Waals surface area contributed by atoms with Crippen molar-refractivity contribution in [3.63, 3.8) is 0 Å². The summed E-state index contributed by atoms with van der Waals surface area (Å²) in [6.07, 6.45) is 2.82. The molecule has 5 nitrogen and oxygen atoms in total. The quantitative estimate of drug-likeness (QED) is 0.931. The van der Waals surface area contributed by atoms with E-state index in [4.69, 9.17) is 4.52 Å². The van der Waals surface area contributed by atoms with Gasteiger partial charge >= 0.3 is 0 Å². The third-order valence-corrected chi connectivity index (χ3v) is 2.90. The number of halogens is 1. The molecule has 2 heterocycles. The zero-order valence-corrected chi connectivity index (χ0v) is 12.1. The van der Waals surface area contributed by atoms with Crippen molar-refractivity contribution in [3.05, 3.63) is 41.6 Å². The first-order chi connectivity index (χ1) is 9.36. The van der Waals surface area contributed by atoms with Crippen molar-refractivity contribution >= 4 is 0 Å². The van der Waals surface area contributed by atoms with Crippen molar-refractivity contribution in [3.8, 4) is 0 Å². The molecular weight excluding hydrogens is 259 g/mol. The number of hydrogen-bond acceptors (Lipinski definition) is 5. The fraction of sp³-hybridized carbons (Fsp3) is 0.500. The number of pyridine rings is 1. The lowest BCUT2D eigenvalue weighted by atomic mass is 9.97. The lowest BCUT2D eigenvalue weighted by molar-refractivity contribution is 0.317. The van der Waals surface area contributed by atoms with Gasteiger partial charge in [0.1, 0.15) is 5.82 Å². The molecule has 0 spiro atoms. The predicted molar refractivity (Wildman–Crippen MR) is 72.4 cm³/mol. The second kappa shape index (κ2) is 5.66. The zero-order chi connectivity index (χ0) is 14.8. The first kappa shape index (κ1) is 14.6. The summed E-state index contributed by atoms with van der Waals surface area (Å²) in [5.74, 6) is 0.853. The molecule has 0 radical (unpaired) electrons. The van der Waals surface area contributed by atoms with Crippen LogP contribution in [0.25, 0.3) is 0 Å². The summed E-state index contributed by atoms with van der Waals surface area (Å²) in [4.78, 5) is 8.17. The number of hydrogen-bond donors (Lipinski definition) is 1. The van der Waals surface area contributed by atoms with E-state index >= 15 is 0 Å². The molecule has 0 unspecified atom stereocenters. The van der Waals surface area contributed by atoms with E-state index in [1.54, 1.807) is 6.20 Å². The highest BCUT2D eigenvalue weighted by Crippen LogP contribution is 2.20. The Hall–Kier alpha value is -1.82. The standard InChI is InChI=1S/C14H19FN4O/c1-9(10-5-11(15)7-16-6-10)17-8-12-18-13(20-19-12)14(2,3)4/h5-7,9,17H,8H2,1-4H3/t9-/m1/s1. The molecule has 0 aromatic carbocycles. The van der Waals surface area contributed by atoms with Crippen LogP contribution in [0.15, 0.2) is 23.0 Å². The maximum atomic E-state index is 13.1. The summed E-state index contributed by atoms with van der Waals surface area (Å²) in [6.45, 7) is 8.43. The molecule has 20 heavy (non-hydrogen) atoms. The van der Waals surface area contributed by atoms with E-state index in [-0.39, 0.29) is 17.3 Å².